The number of benzene rings is 2. The van der Waals surface area contributed by atoms with E-state index in [0.29, 0.717) is 25.1 Å². The van der Waals surface area contributed by atoms with E-state index in [1.807, 2.05) is 18.2 Å². The number of hydrogen-bond acceptors (Lipinski definition) is 4. The lowest BCUT2D eigenvalue weighted by Gasteiger charge is -2.26. The van der Waals surface area contributed by atoms with Gasteiger partial charge in [-0.3, -0.25) is 10.0 Å². The molecule has 0 saturated heterocycles. The highest BCUT2D eigenvalue weighted by atomic mass is 32.2. The van der Waals surface area contributed by atoms with Crippen LogP contribution in [0, 0.1) is 0 Å². The fraction of sp³-hybridized carbons (Fsp3) is 0.150. The number of aromatic nitrogens is 1. The monoisotopic (exact) mass is 397 g/mol. The zero-order chi connectivity index (χ0) is 19.7. The lowest BCUT2D eigenvalue weighted by Crippen LogP contribution is -2.35. The van der Waals surface area contributed by atoms with Crippen LogP contribution < -0.4 is 5.48 Å². The minimum absolute atomic E-state index is 0.204. The van der Waals surface area contributed by atoms with E-state index in [9.17, 15) is 13.2 Å². The van der Waals surface area contributed by atoms with Crippen molar-refractivity contribution in [2.24, 2.45) is 0 Å². The van der Waals surface area contributed by atoms with Gasteiger partial charge in [-0.25, -0.2) is 13.9 Å². The van der Waals surface area contributed by atoms with Gasteiger partial charge in [0.25, 0.3) is 5.91 Å². The first-order chi connectivity index (χ1) is 13.5. The minimum atomic E-state index is -3.62. The van der Waals surface area contributed by atoms with Crippen LogP contribution >= 0.6 is 0 Å². The fourth-order valence-corrected chi connectivity index (χ4v) is 4.89. The predicted octanol–water partition coefficient (Wildman–Crippen LogP) is 2.43. The smallest absolute Gasteiger partial charge is 0.267 e. The van der Waals surface area contributed by atoms with Gasteiger partial charge in [-0.2, -0.15) is 4.31 Å². The number of hydrogen-bond donors (Lipinski definition) is 3. The van der Waals surface area contributed by atoms with Crippen LogP contribution in [-0.2, 0) is 27.8 Å². The Morgan fingerprint density at radius 2 is 1.89 bits per heavy atom. The van der Waals surface area contributed by atoms with Gasteiger partial charge < -0.3 is 4.98 Å². The molecule has 0 atom stereocenters. The number of nitrogens with one attached hydrogen (secondary N) is 2. The molecule has 1 aromatic heterocycles. The SMILES string of the molecule is O=C(/C=C/c1ccc(S(=O)(=O)N2CCc3c([nH]c4ccccc34)C2)cc1)NO. The molecule has 0 radical (unpaired) electrons. The van der Waals surface area contributed by atoms with Gasteiger partial charge in [0.15, 0.2) is 0 Å². The molecule has 0 saturated carbocycles. The van der Waals surface area contributed by atoms with Crippen molar-refractivity contribution in [2.75, 3.05) is 6.54 Å². The summed E-state index contributed by atoms with van der Waals surface area (Å²) in [6.45, 7) is 0.736. The highest BCUT2D eigenvalue weighted by Crippen LogP contribution is 2.30. The van der Waals surface area contributed by atoms with E-state index in [1.54, 1.807) is 12.1 Å². The largest absolute Gasteiger partial charge is 0.357 e. The number of nitrogens with zero attached hydrogens (tertiary/aromatic N) is 1. The van der Waals surface area contributed by atoms with Gasteiger partial charge in [-0.15, -0.1) is 0 Å². The first kappa shape index (κ1) is 18.4. The molecule has 4 rings (SSSR count). The van der Waals surface area contributed by atoms with Crippen molar-refractivity contribution in [2.45, 2.75) is 17.9 Å². The fourth-order valence-electron chi connectivity index (χ4n) is 3.48. The number of carbonyl (C=O) groups excluding carboxylic acids is 1. The molecule has 3 N–H and O–H groups in total. The number of hydroxylamine groups is 1. The van der Waals surface area contributed by atoms with Crippen LogP contribution in [0.15, 0.2) is 59.5 Å². The third kappa shape index (κ3) is 3.33. The molecule has 7 nitrogen and oxygen atoms in total. The van der Waals surface area contributed by atoms with Crippen molar-refractivity contribution >= 4 is 32.9 Å². The van der Waals surface area contributed by atoms with Crippen molar-refractivity contribution in [3.8, 4) is 0 Å². The van der Waals surface area contributed by atoms with Crippen LogP contribution in [0.25, 0.3) is 17.0 Å². The number of carbonyl (C=O) groups is 1. The molecule has 1 aliphatic heterocycles. The van der Waals surface area contributed by atoms with Gasteiger partial charge in [-0.1, -0.05) is 30.3 Å². The third-order valence-corrected chi connectivity index (χ3v) is 6.76. The van der Waals surface area contributed by atoms with E-state index in [1.165, 1.54) is 33.6 Å². The second-order valence-corrected chi connectivity index (χ2v) is 8.53. The quantitative estimate of drug-likeness (QED) is 0.357. The highest BCUT2D eigenvalue weighted by Gasteiger charge is 2.30. The number of H-pyrrole nitrogens is 1. The Bertz CT molecular complexity index is 1160. The molecule has 0 aliphatic carbocycles. The van der Waals surface area contributed by atoms with Crippen LogP contribution in [0.2, 0.25) is 0 Å². The van der Waals surface area contributed by atoms with E-state index in [2.05, 4.69) is 11.1 Å². The van der Waals surface area contributed by atoms with Crippen molar-refractivity contribution < 1.29 is 18.4 Å². The number of fused-ring (bicyclic) bond motifs is 3. The summed E-state index contributed by atoms with van der Waals surface area (Å²) in [6, 6.07) is 14.3. The second kappa shape index (κ2) is 7.23. The van der Waals surface area contributed by atoms with Crippen LogP contribution in [0.3, 0.4) is 0 Å². The molecule has 2 aromatic carbocycles. The normalized spacial score (nSPS) is 15.0. The van der Waals surface area contributed by atoms with Crippen LogP contribution in [0.4, 0.5) is 0 Å². The van der Waals surface area contributed by atoms with E-state index < -0.39 is 15.9 Å². The molecule has 8 heteroatoms. The van der Waals surface area contributed by atoms with E-state index in [0.717, 1.165) is 22.7 Å². The van der Waals surface area contributed by atoms with E-state index >= 15 is 0 Å². The molecule has 0 fully saturated rings. The van der Waals surface area contributed by atoms with Gasteiger partial charge in [0.05, 0.1) is 11.4 Å². The van der Waals surface area contributed by atoms with Crippen LogP contribution in [0.1, 0.15) is 16.8 Å². The molecule has 0 bridgehead atoms. The number of sulfonamides is 1. The molecule has 0 spiro atoms. The number of para-hydroxylation sites is 1. The van der Waals surface area contributed by atoms with Crippen molar-refractivity contribution in [1.29, 1.82) is 0 Å². The Kier molecular flexibility index (Phi) is 4.76. The molecule has 1 aliphatic rings. The van der Waals surface area contributed by atoms with Gasteiger partial charge in [0.2, 0.25) is 10.0 Å². The highest BCUT2D eigenvalue weighted by molar-refractivity contribution is 7.89. The Hall–Kier alpha value is -2.94. The Balaban J connectivity index is 1.57. The average Bonchev–Trinajstić information content (AvgIpc) is 3.10. The summed E-state index contributed by atoms with van der Waals surface area (Å²) in [5, 5.41) is 9.64. The zero-order valence-corrected chi connectivity index (χ0v) is 15.7. The Morgan fingerprint density at radius 1 is 1.14 bits per heavy atom. The summed E-state index contributed by atoms with van der Waals surface area (Å²) in [5.74, 6) is -0.654. The topological polar surface area (TPSA) is 103 Å². The standard InChI is InChI=1S/C20H19N3O4S/c24-20(22-25)10-7-14-5-8-15(9-6-14)28(26,27)23-12-11-17-16-3-1-2-4-18(16)21-19(17)13-23/h1-10,21,25H,11-13H2,(H,22,24)/b10-7+. The molecular formula is C20H19N3O4S. The van der Waals surface area contributed by atoms with Crippen molar-refractivity contribution in [3.63, 3.8) is 0 Å². The van der Waals surface area contributed by atoms with E-state index in [-0.39, 0.29) is 4.90 Å². The molecule has 0 unspecified atom stereocenters. The summed E-state index contributed by atoms with van der Waals surface area (Å²) in [4.78, 5) is 14.6. The maximum atomic E-state index is 13.0. The summed E-state index contributed by atoms with van der Waals surface area (Å²) < 4.78 is 27.5. The lowest BCUT2D eigenvalue weighted by molar-refractivity contribution is -0.124. The molecule has 28 heavy (non-hydrogen) atoms. The zero-order valence-electron chi connectivity index (χ0n) is 14.9. The molecule has 1 amide bonds. The number of amides is 1. The van der Waals surface area contributed by atoms with Crippen LogP contribution in [-0.4, -0.2) is 35.4 Å². The van der Waals surface area contributed by atoms with Crippen molar-refractivity contribution in [1.82, 2.24) is 14.8 Å². The first-order valence-corrected chi connectivity index (χ1v) is 10.2. The summed E-state index contributed by atoms with van der Waals surface area (Å²) in [7, 11) is -3.62. The Morgan fingerprint density at radius 3 is 2.64 bits per heavy atom. The minimum Gasteiger partial charge on any atom is -0.357 e. The summed E-state index contributed by atoms with van der Waals surface area (Å²) in [5.41, 5.74) is 5.30. The lowest BCUT2D eigenvalue weighted by atomic mass is 10.1. The van der Waals surface area contributed by atoms with Gasteiger partial charge in [0.1, 0.15) is 0 Å². The molecule has 2 heterocycles. The Labute approximate surface area is 162 Å². The van der Waals surface area contributed by atoms with Crippen molar-refractivity contribution in [3.05, 3.63) is 71.4 Å². The van der Waals surface area contributed by atoms with Crippen LogP contribution in [0.5, 0.6) is 0 Å². The number of aromatic amines is 1. The molecule has 3 aromatic rings. The molecular weight excluding hydrogens is 378 g/mol. The predicted molar refractivity (Wildman–Crippen MR) is 105 cm³/mol. The molecule has 144 valence electrons. The third-order valence-electron chi connectivity index (χ3n) is 4.90. The summed E-state index contributed by atoms with van der Waals surface area (Å²) >= 11 is 0. The van der Waals surface area contributed by atoms with Gasteiger partial charge >= 0.3 is 0 Å². The van der Waals surface area contributed by atoms with Gasteiger partial charge in [-0.05, 0) is 41.8 Å². The number of rotatable bonds is 4. The summed E-state index contributed by atoms with van der Waals surface area (Å²) in [6.07, 6.45) is 3.31. The maximum absolute atomic E-state index is 13.0. The second-order valence-electron chi connectivity index (χ2n) is 6.59. The van der Waals surface area contributed by atoms with Gasteiger partial charge in [0, 0.05) is 29.2 Å². The average molecular weight is 397 g/mol. The first-order valence-electron chi connectivity index (χ1n) is 8.80. The van der Waals surface area contributed by atoms with E-state index in [4.69, 9.17) is 5.21 Å². The maximum Gasteiger partial charge on any atom is 0.267 e.